The Morgan fingerprint density at radius 2 is 1.80 bits per heavy atom. The Hall–Kier alpha value is -1.79. The monoisotopic (exact) mass is 288 g/mol. The number of amides is 2. The van der Waals surface area contributed by atoms with Crippen molar-refractivity contribution < 1.29 is 24.2 Å². The van der Waals surface area contributed by atoms with Gasteiger partial charge >= 0.3 is 18.0 Å². The fraction of sp³-hybridized carbons (Fsp3) is 0.769. The first-order valence-electron chi connectivity index (χ1n) is 6.57. The highest BCUT2D eigenvalue weighted by atomic mass is 16.5. The molecule has 0 aliphatic rings. The molecule has 0 aromatic rings. The zero-order valence-electron chi connectivity index (χ0n) is 12.7. The van der Waals surface area contributed by atoms with Gasteiger partial charge in [0.1, 0.15) is 12.6 Å². The summed E-state index contributed by atoms with van der Waals surface area (Å²) in [6.45, 7) is 8.83. The van der Waals surface area contributed by atoms with Crippen molar-refractivity contribution in [1.82, 2.24) is 10.2 Å². The minimum absolute atomic E-state index is 0.202. The second-order valence-electron chi connectivity index (χ2n) is 5.41. The van der Waals surface area contributed by atoms with E-state index in [0.717, 1.165) is 0 Å². The number of aliphatic carboxylic acids is 1. The number of rotatable bonds is 6. The Morgan fingerprint density at radius 1 is 1.25 bits per heavy atom. The van der Waals surface area contributed by atoms with Crippen LogP contribution in [0.4, 0.5) is 4.79 Å². The Balaban J connectivity index is 4.76. The first-order chi connectivity index (χ1) is 9.13. The van der Waals surface area contributed by atoms with Crippen LogP contribution in [0, 0.1) is 5.41 Å². The van der Waals surface area contributed by atoms with E-state index < -0.39 is 29.4 Å². The van der Waals surface area contributed by atoms with Crippen molar-refractivity contribution in [3.63, 3.8) is 0 Å². The molecule has 0 aliphatic carbocycles. The number of nitrogens with zero attached hydrogens (tertiary/aromatic N) is 1. The van der Waals surface area contributed by atoms with E-state index in [1.54, 1.807) is 34.6 Å². The summed E-state index contributed by atoms with van der Waals surface area (Å²) in [4.78, 5) is 35.8. The first kappa shape index (κ1) is 18.2. The number of carboxylic acids is 1. The van der Waals surface area contributed by atoms with Gasteiger partial charge < -0.3 is 20.1 Å². The van der Waals surface area contributed by atoms with Crippen LogP contribution in [0.25, 0.3) is 0 Å². The number of hydrogen-bond acceptors (Lipinski definition) is 4. The largest absolute Gasteiger partial charge is 0.480 e. The molecule has 0 rings (SSSR count). The highest BCUT2D eigenvalue weighted by Crippen LogP contribution is 2.19. The second-order valence-corrected chi connectivity index (χ2v) is 5.41. The number of hydrogen-bond donors (Lipinski definition) is 2. The van der Waals surface area contributed by atoms with Gasteiger partial charge in [-0.1, -0.05) is 20.8 Å². The molecule has 0 radical (unpaired) electrons. The smallest absolute Gasteiger partial charge is 0.326 e. The SMILES string of the molecule is CCOC(=O)CN(CC)C(=O)N[C@H](C(=O)O)C(C)(C)C. The lowest BCUT2D eigenvalue weighted by Crippen LogP contribution is -2.54. The number of carbonyl (C=O) groups excluding carboxylic acids is 2. The lowest BCUT2D eigenvalue weighted by Gasteiger charge is -2.30. The maximum atomic E-state index is 12.0. The molecule has 20 heavy (non-hydrogen) atoms. The summed E-state index contributed by atoms with van der Waals surface area (Å²) in [5.41, 5.74) is -0.634. The normalized spacial score (nSPS) is 12.4. The molecule has 0 heterocycles. The number of ether oxygens (including phenoxy) is 1. The molecule has 2 N–H and O–H groups in total. The summed E-state index contributed by atoms with van der Waals surface area (Å²) >= 11 is 0. The zero-order chi connectivity index (χ0) is 15.9. The van der Waals surface area contributed by atoms with Crippen molar-refractivity contribution in [1.29, 1.82) is 0 Å². The fourth-order valence-electron chi connectivity index (χ4n) is 1.55. The van der Waals surface area contributed by atoms with E-state index in [2.05, 4.69) is 5.32 Å². The highest BCUT2D eigenvalue weighted by molar-refractivity contribution is 5.85. The fourth-order valence-corrected chi connectivity index (χ4v) is 1.55. The van der Waals surface area contributed by atoms with Crippen molar-refractivity contribution in [2.24, 2.45) is 5.41 Å². The van der Waals surface area contributed by atoms with Gasteiger partial charge in [-0.15, -0.1) is 0 Å². The molecule has 0 bridgehead atoms. The molecule has 0 fully saturated rings. The predicted octanol–water partition coefficient (Wildman–Crippen LogP) is 1.08. The van der Waals surface area contributed by atoms with Crippen LogP contribution in [0.15, 0.2) is 0 Å². The lowest BCUT2D eigenvalue weighted by molar-refractivity contribution is -0.143. The molecule has 0 aliphatic heterocycles. The van der Waals surface area contributed by atoms with E-state index in [1.165, 1.54) is 4.90 Å². The second kappa shape index (κ2) is 7.72. The van der Waals surface area contributed by atoms with Gasteiger partial charge in [0.25, 0.3) is 0 Å². The molecule has 0 aromatic carbocycles. The van der Waals surface area contributed by atoms with Crippen LogP contribution in [0.5, 0.6) is 0 Å². The Labute approximate surface area is 119 Å². The molecule has 0 unspecified atom stereocenters. The van der Waals surface area contributed by atoms with Gasteiger partial charge in [-0.05, 0) is 19.3 Å². The molecule has 2 amide bonds. The number of carbonyl (C=O) groups is 3. The highest BCUT2D eigenvalue weighted by Gasteiger charge is 2.33. The lowest BCUT2D eigenvalue weighted by atomic mass is 9.87. The minimum Gasteiger partial charge on any atom is -0.480 e. The average molecular weight is 288 g/mol. The standard InChI is InChI=1S/C13H24N2O5/c1-6-15(8-9(16)20-7-2)12(19)14-10(11(17)18)13(3,4)5/h10H,6-8H2,1-5H3,(H,14,19)(H,17,18)/t10-/m1/s1. The first-order valence-corrected chi connectivity index (χ1v) is 6.57. The topological polar surface area (TPSA) is 95.9 Å². The number of urea groups is 1. The number of nitrogens with one attached hydrogen (secondary N) is 1. The molecular formula is C13H24N2O5. The van der Waals surface area contributed by atoms with Crippen LogP contribution in [0.2, 0.25) is 0 Å². The number of likely N-dealkylation sites (N-methyl/N-ethyl adjacent to an activating group) is 1. The van der Waals surface area contributed by atoms with Crippen molar-refractivity contribution in [2.45, 2.75) is 40.7 Å². The zero-order valence-corrected chi connectivity index (χ0v) is 12.7. The molecule has 0 saturated heterocycles. The maximum Gasteiger partial charge on any atom is 0.326 e. The predicted molar refractivity (Wildman–Crippen MR) is 73.3 cm³/mol. The third kappa shape index (κ3) is 5.90. The molecule has 1 atom stereocenters. The maximum absolute atomic E-state index is 12.0. The molecule has 0 aromatic heterocycles. The average Bonchev–Trinajstić information content (AvgIpc) is 2.31. The number of esters is 1. The van der Waals surface area contributed by atoms with Crippen molar-refractivity contribution >= 4 is 18.0 Å². The van der Waals surface area contributed by atoms with Gasteiger partial charge in [0.05, 0.1) is 6.61 Å². The summed E-state index contributed by atoms with van der Waals surface area (Å²) in [6, 6.07) is -1.63. The third-order valence-corrected chi connectivity index (χ3v) is 2.68. The summed E-state index contributed by atoms with van der Waals surface area (Å²) in [5.74, 6) is -1.63. The van der Waals surface area contributed by atoms with Crippen molar-refractivity contribution in [2.75, 3.05) is 19.7 Å². The molecule has 0 spiro atoms. The third-order valence-electron chi connectivity index (χ3n) is 2.68. The summed E-state index contributed by atoms with van der Waals surface area (Å²) < 4.78 is 4.77. The Morgan fingerprint density at radius 3 is 2.15 bits per heavy atom. The van der Waals surface area contributed by atoms with Crippen LogP contribution in [0.1, 0.15) is 34.6 Å². The van der Waals surface area contributed by atoms with Gasteiger partial charge in [0, 0.05) is 6.54 Å². The van der Waals surface area contributed by atoms with Gasteiger partial charge in [0.15, 0.2) is 0 Å². The van der Waals surface area contributed by atoms with Crippen LogP contribution in [-0.4, -0.2) is 53.7 Å². The van der Waals surface area contributed by atoms with Crippen LogP contribution < -0.4 is 5.32 Å². The minimum atomic E-state index is -1.11. The van der Waals surface area contributed by atoms with Gasteiger partial charge in [-0.25, -0.2) is 9.59 Å². The Bertz CT molecular complexity index is 362. The Kier molecular flexibility index (Phi) is 7.02. The van der Waals surface area contributed by atoms with Gasteiger partial charge in [0.2, 0.25) is 0 Å². The summed E-state index contributed by atoms with van der Waals surface area (Å²) in [5, 5.41) is 11.6. The summed E-state index contributed by atoms with van der Waals surface area (Å²) in [7, 11) is 0. The van der Waals surface area contributed by atoms with Gasteiger partial charge in [-0.2, -0.15) is 0 Å². The van der Waals surface area contributed by atoms with E-state index in [1.807, 2.05) is 0 Å². The summed E-state index contributed by atoms with van der Waals surface area (Å²) in [6.07, 6.45) is 0. The van der Waals surface area contributed by atoms with Crippen molar-refractivity contribution in [3.05, 3.63) is 0 Å². The van der Waals surface area contributed by atoms with Gasteiger partial charge in [-0.3, -0.25) is 4.79 Å². The van der Waals surface area contributed by atoms with Crippen LogP contribution >= 0.6 is 0 Å². The van der Waals surface area contributed by atoms with E-state index in [4.69, 9.17) is 9.84 Å². The molecule has 0 saturated carbocycles. The van der Waals surface area contributed by atoms with Crippen molar-refractivity contribution in [3.8, 4) is 0 Å². The van der Waals surface area contributed by atoms with Crippen LogP contribution in [0.3, 0.4) is 0 Å². The van der Waals surface area contributed by atoms with E-state index in [0.29, 0.717) is 0 Å². The molecule has 7 nitrogen and oxygen atoms in total. The van der Waals surface area contributed by atoms with E-state index in [-0.39, 0.29) is 19.7 Å². The molecular weight excluding hydrogens is 264 g/mol. The molecule has 7 heteroatoms. The van der Waals surface area contributed by atoms with E-state index in [9.17, 15) is 14.4 Å². The van der Waals surface area contributed by atoms with E-state index >= 15 is 0 Å². The quantitative estimate of drug-likeness (QED) is 0.713. The molecule has 116 valence electrons. The number of carboxylic acid groups (broad SMARTS) is 1. The van der Waals surface area contributed by atoms with Crippen LogP contribution in [-0.2, 0) is 14.3 Å².